The number of carbonyl (C=O) groups excluding carboxylic acids is 2. The minimum Gasteiger partial charge on any atom is -0.375 e. The van der Waals surface area contributed by atoms with Crippen LogP contribution < -0.4 is 21.3 Å². The lowest BCUT2D eigenvalue weighted by atomic mass is 9.89. The molecular weight excluding hydrogens is 663 g/mol. The molecule has 0 radical (unpaired) electrons. The summed E-state index contributed by atoms with van der Waals surface area (Å²) in [5, 5.41) is 12.2. The summed E-state index contributed by atoms with van der Waals surface area (Å²) in [6, 6.07) is 18.3. The van der Waals surface area contributed by atoms with Crippen LogP contribution in [0.4, 0.5) is 24.5 Å². The van der Waals surface area contributed by atoms with Gasteiger partial charge in [-0.2, -0.15) is 13.2 Å². The first-order valence-corrected chi connectivity index (χ1v) is 15.6. The second-order valence-electron chi connectivity index (χ2n) is 11.8. The number of rotatable bonds is 10. The fourth-order valence-corrected chi connectivity index (χ4v) is 5.27. The van der Waals surface area contributed by atoms with Gasteiger partial charge in [-0.25, -0.2) is 15.0 Å². The van der Waals surface area contributed by atoms with Crippen LogP contribution in [0.5, 0.6) is 0 Å². The number of hydrogen-bond acceptors (Lipinski definition) is 9. The Labute approximate surface area is 286 Å². The van der Waals surface area contributed by atoms with Crippen molar-refractivity contribution in [2.75, 3.05) is 51.0 Å². The van der Waals surface area contributed by atoms with Gasteiger partial charge in [0.05, 0.1) is 22.3 Å². The number of halogens is 4. The molecule has 2 aliphatic heterocycles. The molecule has 2 aliphatic rings. The molecule has 11 nitrogen and oxygen atoms in total. The first-order chi connectivity index (χ1) is 23.4. The fourth-order valence-electron chi connectivity index (χ4n) is 5.15. The van der Waals surface area contributed by atoms with Crippen molar-refractivity contribution in [3.05, 3.63) is 112 Å². The number of amides is 2. The first kappa shape index (κ1) is 35.8. The maximum atomic E-state index is 12.4. The van der Waals surface area contributed by atoms with Crippen molar-refractivity contribution in [1.82, 2.24) is 25.6 Å². The van der Waals surface area contributed by atoms with E-state index in [4.69, 9.17) is 21.1 Å². The van der Waals surface area contributed by atoms with Gasteiger partial charge in [0, 0.05) is 83.2 Å². The van der Waals surface area contributed by atoms with E-state index >= 15 is 0 Å². The summed E-state index contributed by atoms with van der Waals surface area (Å²) in [7, 11) is 3.43. The summed E-state index contributed by atoms with van der Waals surface area (Å²) in [6.07, 6.45) is 0.124. The third-order valence-corrected chi connectivity index (χ3v) is 8.51. The molecule has 2 fully saturated rings. The number of hydrogen-bond donors (Lipinski definition) is 4. The number of carbonyl (C=O) groups is 2. The van der Waals surface area contributed by atoms with Crippen molar-refractivity contribution >= 4 is 34.8 Å². The van der Waals surface area contributed by atoms with Crippen molar-refractivity contribution in [3.63, 3.8) is 0 Å². The number of anilines is 2. The number of nitrogens with zero attached hydrogens (tertiary/aromatic N) is 3. The van der Waals surface area contributed by atoms with E-state index in [9.17, 15) is 22.8 Å². The molecular formula is C34H35ClF3N7O4. The van der Waals surface area contributed by atoms with E-state index in [1.807, 2.05) is 36.4 Å². The Morgan fingerprint density at radius 3 is 1.49 bits per heavy atom. The standard InChI is InChI=1S/C17H18ClN3O2.C17H17F3N4O2/c1-23-17(10-19-11-17)8-12-2-5-14(6-3-12)21-16(22)13-4-7-15(18)20-9-13;1-26-16(9-21-10-16)6-11-2-4-13(5-3-11)24-14(25)12-7-22-15(23-8-12)17(18,19)20/h2-7,9,19H,8,10-11H2,1H3,(H,21,22);2-5,7-8,21H,6,9-10H2,1H3,(H,24,25). The van der Waals surface area contributed by atoms with E-state index in [0.717, 1.165) is 62.7 Å². The molecule has 0 aliphatic carbocycles. The summed E-state index contributed by atoms with van der Waals surface area (Å²) in [5.74, 6) is -2.07. The SMILES string of the molecule is COC1(Cc2ccc(NC(=O)c3ccc(Cl)nc3)cc2)CNC1.COC1(Cc2ccc(NC(=O)c3cnc(C(F)(F)F)nc3)cc2)CNC1. The van der Waals surface area contributed by atoms with Crippen molar-refractivity contribution in [2.45, 2.75) is 30.2 Å². The summed E-state index contributed by atoms with van der Waals surface area (Å²) in [6.45, 7) is 3.31. The van der Waals surface area contributed by atoms with Gasteiger partial charge in [0.1, 0.15) is 5.15 Å². The highest BCUT2D eigenvalue weighted by atomic mass is 35.5. The van der Waals surface area contributed by atoms with E-state index in [2.05, 4.69) is 36.2 Å². The van der Waals surface area contributed by atoms with Crippen LogP contribution in [0.1, 0.15) is 37.7 Å². The number of pyridine rings is 1. The highest BCUT2D eigenvalue weighted by Gasteiger charge is 2.38. The number of methoxy groups -OCH3 is 2. The molecule has 0 unspecified atom stereocenters. The van der Waals surface area contributed by atoms with Crippen LogP contribution in [0.15, 0.2) is 79.3 Å². The average molecular weight is 698 g/mol. The summed E-state index contributed by atoms with van der Waals surface area (Å²) in [5.41, 5.74) is 3.63. The van der Waals surface area contributed by atoms with Gasteiger partial charge in [-0.15, -0.1) is 0 Å². The number of alkyl halides is 3. The monoisotopic (exact) mass is 697 g/mol. The zero-order chi connectivity index (χ0) is 35.1. The van der Waals surface area contributed by atoms with Gasteiger partial charge in [-0.05, 0) is 47.5 Å². The molecule has 0 atom stereocenters. The molecule has 15 heteroatoms. The lowest BCUT2D eigenvalue weighted by Crippen LogP contribution is -2.61. The molecule has 49 heavy (non-hydrogen) atoms. The van der Waals surface area contributed by atoms with Gasteiger partial charge >= 0.3 is 6.18 Å². The Hall–Kier alpha value is -4.47. The van der Waals surface area contributed by atoms with Gasteiger partial charge in [0.25, 0.3) is 11.8 Å². The Morgan fingerprint density at radius 2 is 1.14 bits per heavy atom. The van der Waals surface area contributed by atoms with Gasteiger partial charge in [-0.3, -0.25) is 9.59 Å². The topological polar surface area (TPSA) is 139 Å². The maximum Gasteiger partial charge on any atom is 0.451 e. The highest BCUT2D eigenvalue weighted by Crippen LogP contribution is 2.26. The Bertz CT molecular complexity index is 1700. The van der Waals surface area contributed by atoms with Gasteiger partial charge in [0.2, 0.25) is 5.82 Å². The second kappa shape index (κ2) is 15.4. The molecule has 2 aromatic carbocycles. The van der Waals surface area contributed by atoms with E-state index in [0.29, 0.717) is 16.4 Å². The van der Waals surface area contributed by atoms with Crippen molar-refractivity contribution < 1.29 is 32.2 Å². The first-order valence-electron chi connectivity index (χ1n) is 15.2. The van der Waals surface area contributed by atoms with Crippen LogP contribution in [-0.2, 0) is 28.5 Å². The molecule has 258 valence electrons. The van der Waals surface area contributed by atoms with E-state index in [1.54, 1.807) is 38.5 Å². The third kappa shape index (κ3) is 9.37. The minimum atomic E-state index is -4.64. The molecule has 2 amide bonds. The molecule has 4 heterocycles. The molecule has 0 spiro atoms. The van der Waals surface area contributed by atoms with Crippen LogP contribution in [0.2, 0.25) is 5.15 Å². The molecule has 4 N–H and O–H groups in total. The molecule has 0 bridgehead atoms. The van der Waals surface area contributed by atoms with Crippen LogP contribution in [-0.4, -0.2) is 78.4 Å². The fraction of sp³-hybridized carbons (Fsp3) is 0.324. The predicted octanol–water partition coefficient (Wildman–Crippen LogP) is 4.80. The summed E-state index contributed by atoms with van der Waals surface area (Å²) in [4.78, 5) is 34.5. The van der Waals surface area contributed by atoms with Crippen molar-refractivity contribution in [1.29, 1.82) is 0 Å². The maximum absolute atomic E-state index is 12.4. The number of aromatic nitrogens is 3. The van der Waals surface area contributed by atoms with Crippen LogP contribution in [0.25, 0.3) is 0 Å². The van der Waals surface area contributed by atoms with E-state index in [-0.39, 0.29) is 22.7 Å². The van der Waals surface area contributed by atoms with Gasteiger partial charge in [0.15, 0.2) is 0 Å². The Kier molecular flexibility index (Phi) is 11.3. The lowest BCUT2D eigenvalue weighted by Gasteiger charge is -2.41. The number of nitrogens with one attached hydrogen (secondary N) is 4. The molecule has 4 aromatic rings. The normalized spacial score (nSPS) is 15.9. The summed E-state index contributed by atoms with van der Waals surface area (Å²) < 4.78 is 48.4. The largest absolute Gasteiger partial charge is 0.451 e. The smallest absolute Gasteiger partial charge is 0.375 e. The molecule has 2 aromatic heterocycles. The minimum absolute atomic E-state index is 0.0547. The quantitative estimate of drug-likeness (QED) is 0.172. The van der Waals surface area contributed by atoms with Crippen LogP contribution >= 0.6 is 11.6 Å². The second-order valence-corrected chi connectivity index (χ2v) is 12.2. The van der Waals surface area contributed by atoms with E-state index in [1.165, 1.54) is 11.8 Å². The predicted molar refractivity (Wildman–Crippen MR) is 178 cm³/mol. The van der Waals surface area contributed by atoms with Crippen molar-refractivity contribution in [2.24, 2.45) is 0 Å². The third-order valence-electron chi connectivity index (χ3n) is 8.29. The zero-order valence-electron chi connectivity index (χ0n) is 26.7. The van der Waals surface area contributed by atoms with Crippen molar-refractivity contribution in [3.8, 4) is 0 Å². The van der Waals surface area contributed by atoms with Crippen LogP contribution in [0.3, 0.4) is 0 Å². The van der Waals surface area contributed by atoms with Crippen LogP contribution in [0, 0.1) is 0 Å². The van der Waals surface area contributed by atoms with Gasteiger partial charge < -0.3 is 30.7 Å². The van der Waals surface area contributed by atoms with E-state index < -0.39 is 17.9 Å². The molecule has 6 rings (SSSR count). The Balaban J connectivity index is 0.000000192. The highest BCUT2D eigenvalue weighted by molar-refractivity contribution is 6.29. The Morgan fingerprint density at radius 1 is 0.714 bits per heavy atom. The molecule has 2 saturated heterocycles. The van der Waals surface area contributed by atoms with Gasteiger partial charge in [-0.1, -0.05) is 35.9 Å². The average Bonchev–Trinajstić information content (AvgIpc) is 3.06. The number of ether oxygens (including phenoxy) is 2. The molecule has 0 saturated carbocycles. The lowest BCUT2D eigenvalue weighted by molar-refractivity contribution is -0.145. The zero-order valence-corrected chi connectivity index (χ0v) is 27.5. The number of benzene rings is 2. The summed E-state index contributed by atoms with van der Waals surface area (Å²) >= 11 is 5.72.